The quantitative estimate of drug-likeness (QED) is 0.631. The molecule has 0 radical (unpaired) electrons. The van der Waals surface area contributed by atoms with E-state index in [0.717, 1.165) is 0 Å². The van der Waals surface area contributed by atoms with Crippen LogP contribution in [0.25, 0.3) is 0 Å². The van der Waals surface area contributed by atoms with E-state index >= 15 is 0 Å². The van der Waals surface area contributed by atoms with Crippen LogP contribution < -0.4 is 4.90 Å². The highest BCUT2D eigenvalue weighted by atomic mass is 79.9. The fourth-order valence-electron chi connectivity index (χ4n) is 1.51. The Kier molecular flexibility index (Phi) is 5.54. The van der Waals surface area contributed by atoms with Crippen molar-refractivity contribution in [1.82, 2.24) is 0 Å². The summed E-state index contributed by atoms with van der Waals surface area (Å²) in [4.78, 5) is 25.1. The molecule has 1 amide bonds. The minimum absolute atomic E-state index is 0.0916. The number of anilines is 1. The van der Waals surface area contributed by atoms with E-state index in [-0.39, 0.29) is 17.8 Å². The van der Waals surface area contributed by atoms with Crippen LogP contribution in [-0.2, 0) is 14.3 Å². The Morgan fingerprint density at radius 3 is 2.26 bits per heavy atom. The molecule has 0 aliphatic rings. The Morgan fingerprint density at radius 1 is 1.21 bits per heavy atom. The number of hydrogen-bond acceptors (Lipinski definition) is 3. The summed E-state index contributed by atoms with van der Waals surface area (Å²) in [7, 11) is 0. The number of benzene rings is 1. The predicted molar refractivity (Wildman–Crippen MR) is 78.4 cm³/mol. The lowest BCUT2D eigenvalue weighted by Crippen LogP contribution is -2.39. The van der Waals surface area contributed by atoms with Crippen molar-refractivity contribution >= 4 is 33.5 Å². The standard InChI is InChI=1S/C14H18BrNO3/c1-14(2,3)19-13(18)10-16(12(17)9-15)11-7-5-4-6-8-11/h4-8H,9-10H2,1-3H3. The Labute approximate surface area is 121 Å². The van der Waals surface area contributed by atoms with Gasteiger partial charge in [-0.1, -0.05) is 34.1 Å². The van der Waals surface area contributed by atoms with Gasteiger partial charge in [0.05, 0.1) is 5.33 Å². The van der Waals surface area contributed by atoms with Crippen molar-refractivity contribution in [2.24, 2.45) is 0 Å². The van der Waals surface area contributed by atoms with Gasteiger partial charge in [-0.15, -0.1) is 0 Å². The van der Waals surface area contributed by atoms with Crippen molar-refractivity contribution in [3.8, 4) is 0 Å². The van der Waals surface area contributed by atoms with E-state index < -0.39 is 11.6 Å². The number of alkyl halides is 1. The van der Waals surface area contributed by atoms with Gasteiger partial charge in [0, 0.05) is 5.69 Å². The molecule has 19 heavy (non-hydrogen) atoms. The smallest absolute Gasteiger partial charge is 0.326 e. The Balaban J connectivity index is 2.83. The molecule has 0 spiro atoms. The lowest BCUT2D eigenvalue weighted by molar-refractivity contribution is -0.153. The van der Waals surface area contributed by atoms with E-state index in [0.29, 0.717) is 5.69 Å². The molecule has 0 bridgehead atoms. The SMILES string of the molecule is CC(C)(C)OC(=O)CN(C(=O)CBr)c1ccccc1. The maximum Gasteiger partial charge on any atom is 0.326 e. The molecule has 1 aromatic carbocycles. The maximum atomic E-state index is 11.9. The molecule has 0 aliphatic carbocycles. The van der Waals surface area contributed by atoms with Crippen LogP contribution in [0.4, 0.5) is 5.69 Å². The van der Waals surface area contributed by atoms with Gasteiger partial charge in [0.1, 0.15) is 12.1 Å². The molecule has 0 N–H and O–H groups in total. The summed E-state index contributed by atoms with van der Waals surface area (Å²) in [5.74, 6) is -0.609. The van der Waals surface area contributed by atoms with Gasteiger partial charge in [0.25, 0.3) is 0 Å². The van der Waals surface area contributed by atoms with Gasteiger partial charge in [-0.05, 0) is 32.9 Å². The molecule has 0 unspecified atom stereocenters. The Bertz CT molecular complexity index is 440. The summed E-state index contributed by atoms with van der Waals surface area (Å²) in [5, 5.41) is 0.157. The average Bonchev–Trinajstić information content (AvgIpc) is 2.34. The predicted octanol–water partition coefficient (Wildman–Crippen LogP) is 2.76. The van der Waals surface area contributed by atoms with Crippen LogP contribution in [0.5, 0.6) is 0 Å². The van der Waals surface area contributed by atoms with Crippen LogP contribution in [-0.4, -0.2) is 29.4 Å². The highest BCUT2D eigenvalue weighted by molar-refractivity contribution is 9.09. The van der Waals surface area contributed by atoms with E-state index in [1.165, 1.54) is 4.90 Å². The third kappa shape index (κ3) is 5.42. The number of carbonyl (C=O) groups excluding carboxylic acids is 2. The Morgan fingerprint density at radius 2 is 1.79 bits per heavy atom. The number of hydrogen-bond donors (Lipinski definition) is 0. The van der Waals surface area contributed by atoms with Crippen molar-refractivity contribution in [3.05, 3.63) is 30.3 Å². The van der Waals surface area contributed by atoms with Gasteiger partial charge in [0.15, 0.2) is 0 Å². The molecule has 1 rings (SSSR count). The van der Waals surface area contributed by atoms with Gasteiger partial charge >= 0.3 is 5.97 Å². The molecule has 5 heteroatoms. The van der Waals surface area contributed by atoms with Crippen molar-refractivity contribution < 1.29 is 14.3 Å². The molecular formula is C14H18BrNO3. The van der Waals surface area contributed by atoms with Crippen LogP contribution in [0.3, 0.4) is 0 Å². The molecule has 0 saturated heterocycles. The number of nitrogens with zero attached hydrogens (tertiary/aromatic N) is 1. The van der Waals surface area contributed by atoms with Crippen LogP contribution in [0.15, 0.2) is 30.3 Å². The monoisotopic (exact) mass is 327 g/mol. The highest BCUT2D eigenvalue weighted by Crippen LogP contribution is 2.15. The fraction of sp³-hybridized carbons (Fsp3) is 0.429. The number of esters is 1. The molecule has 0 fully saturated rings. The summed E-state index contributed by atoms with van der Waals surface area (Å²) < 4.78 is 5.24. The number of carbonyl (C=O) groups is 2. The second-order valence-electron chi connectivity index (χ2n) is 5.04. The van der Waals surface area contributed by atoms with Gasteiger partial charge in [-0.25, -0.2) is 0 Å². The normalized spacial score (nSPS) is 10.9. The van der Waals surface area contributed by atoms with Crippen LogP contribution in [0.2, 0.25) is 0 Å². The number of para-hydroxylation sites is 1. The van der Waals surface area contributed by atoms with E-state index in [1.807, 2.05) is 18.2 Å². The van der Waals surface area contributed by atoms with Crippen LogP contribution >= 0.6 is 15.9 Å². The molecule has 0 saturated carbocycles. The van der Waals surface area contributed by atoms with E-state index in [9.17, 15) is 9.59 Å². The second kappa shape index (κ2) is 6.70. The first kappa shape index (κ1) is 15.7. The molecular weight excluding hydrogens is 310 g/mol. The second-order valence-corrected chi connectivity index (χ2v) is 5.60. The van der Waals surface area contributed by atoms with Crippen molar-refractivity contribution in [3.63, 3.8) is 0 Å². The van der Waals surface area contributed by atoms with Gasteiger partial charge in [-0.3, -0.25) is 9.59 Å². The first-order valence-corrected chi connectivity index (χ1v) is 7.09. The summed E-state index contributed by atoms with van der Waals surface area (Å²) in [6, 6.07) is 9.06. The third-order valence-electron chi connectivity index (χ3n) is 2.19. The van der Waals surface area contributed by atoms with Gasteiger partial charge < -0.3 is 9.64 Å². The zero-order chi connectivity index (χ0) is 14.5. The minimum Gasteiger partial charge on any atom is -0.459 e. The van der Waals surface area contributed by atoms with Gasteiger partial charge in [-0.2, -0.15) is 0 Å². The number of amides is 1. The van der Waals surface area contributed by atoms with Gasteiger partial charge in [0.2, 0.25) is 5.91 Å². The maximum absolute atomic E-state index is 11.9. The van der Waals surface area contributed by atoms with Crippen molar-refractivity contribution in [1.29, 1.82) is 0 Å². The number of rotatable bonds is 4. The number of ether oxygens (including phenoxy) is 1. The summed E-state index contributed by atoms with van der Waals surface area (Å²) >= 11 is 3.12. The summed E-state index contributed by atoms with van der Waals surface area (Å²) in [6.45, 7) is 5.30. The molecule has 0 aromatic heterocycles. The molecule has 104 valence electrons. The van der Waals surface area contributed by atoms with Crippen LogP contribution in [0.1, 0.15) is 20.8 Å². The summed E-state index contributed by atoms with van der Waals surface area (Å²) in [5.41, 5.74) is 0.120. The zero-order valence-electron chi connectivity index (χ0n) is 11.4. The first-order valence-electron chi connectivity index (χ1n) is 5.96. The minimum atomic E-state index is -0.559. The molecule has 0 atom stereocenters. The van der Waals surface area contributed by atoms with Crippen molar-refractivity contribution in [2.75, 3.05) is 16.8 Å². The largest absolute Gasteiger partial charge is 0.459 e. The van der Waals surface area contributed by atoms with E-state index in [4.69, 9.17) is 4.74 Å². The number of halogens is 1. The van der Waals surface area contributed by atoms with Crippen molar-refractivity contribution in [2.45, 2.75) is 26.4 Å². The highest BCUT2D eigenvalue weighted by Gasteiger charge is 2.22. The zero-order valence-corrected chi connectivity index (χ0v) is 12.9. The summed E-state index contributed by atoms with van der Waals surface area (Å²) in [6.07, 6.45) is 0. The lowest BCUT2D eigenvalue weighted by Gasteiger charge is -2.24. The third-order valence-corrected chi connectivity index (χ3v) is 2.67. The molecule has 0 heterocycles. The fourth-order valence-corrected chi connectivity index (χ4v) is 1.81. The lowest BCUT2D eigenvalue weighted by atomic mass is 10.2. The first-order chi connectivity index (χ1) is 8.83. The topological polar surface area (TPSA) is 46.6 Å². The van der Waals surface area contributed by atoms with E-state index in [2.05, 4.69) is 15.9 Å². The van der Waals surface area contributed by atoms with Crippen LogP contribution in [0, 0.1) is 0 Å². The van der Waals surface area contributed by atoms with E-state index in [1.54, 1.807) is 32.9 Å². The Hall–Kier alpha value is -1.36. The molecule has 0 aliphatic heterocycles. The average molecular weight is 328 g/mol. The molecule has 1 aromatic rings. The molecule has 4 nitrogen and oxygen atoms in total.